The predicted octanol–water partition coefficient (Wildman–Crippen LogP) is 4.23. The normalized spacial score (nSPS) is 11.1. The molecule has 0 fully saturated rings. The maximum absolute atomic E-state index is 5.89. The summed E-state index contributed by atoms with van der Waals surface area (Å²) in [6.45, 7) is 0. The second kappa shape index (κ2) is 4.68. The van der Waals surface area contributed by atoms with Crippen molar-refractivity contribution >= 4 is 44.9 Å². The van der Waals surface area contributed by atoms with Crippen LogP contribution in [0.1, 0.15) is 5.76 Å². The van der Waals surface area contributed by atoms with Crippen LogP contribution in [-0.4, -0.2) is 9.97 Å². The highest BCUT2D eigenvalue weighted by Crippen LogP contribution is 2.31. The summed E-state index contributed by atoms with van der Waals surface area (Å²) in [7, 11) is 0. The van der Waals surface area contributed by atoms with Crippen LogP contribution in [0, 0.1) is 0 Å². The first kappa shape index (κ1) is 11.1. The predicted molar refractivity (Wildman–Crippen MR) is 70.7 cm³/mol. The van der Waals surface area contributed by atoms with Gasteiger partial charge in [-0.25, -0.2) is 9.97 Å². The first-order chi connectivity index (χ1) is 8.33. The molecule has 0 amide bonds. The molecule has 0 aliphatic heterocycles. The number of furan rings is 1. The summed E-state index contributed by atoms with van der Waals surface area (Å²) in [6, 6.07) is 5.84. The fourth-order valence-electron chi connectivity index (χ4n) is 1.45. The number of nitrogens with zero attached hydrogens (tertiary/aromatic N) is 2. The SMILES string of the molecule is Clc1nc(SCc2ccco2)c2ccsc2n1. The van der Waals surface area contributed by atoms with Gasteiger partial charge >= 0.3 is 0 Å². The quantitative estimate of drug-likeness (QED) is 0.409. The van der Waals surface area contributed by atoms with Crippen LogP contribution in [0.4, 0.5) is 0 Å². The lowest BCUT2D eigenvalue weighted by Crippen LogP contribution is -1.86. The highest BCUT2D eigenvalue weighted by molar-refractivity contribution is 7.98. The molecule has 0 saturated heterocycles. The Kier molecular flexibility index (Phi) is 3.05. The molecule has 0 unspecified atom stereocenters. The molecule has 3 aromatic rings. The van der Waals surface area contributed by atoms with Crippen molar-refractivity contribution in [3.8, 4) is 0 Å². The lowest BCUT2D eigenvalue weighted by atomic mass is 10.4. The van der Waals surface area contributed by atoms with E-state index in [2.05, 4.69) is 9.97 Å². The molecular weight excluding hydrogens is 276 g/mol. The maximum Gasteiger partial charge on any atom is 0.224 e. The third kappa shape index (κ3) is 2.31. The third-order valence-corrected chi connectivity index (χ3v) is 4.18. The van der Waals surface area contributed by atoms with E-state index in [0.717, 1.165) is 26.8 Å². The number of thioether (sulfide) groups is 1. The second-order valence-electron chi connectivity index (χ2n) is 3.31. The molecule has 0 aliphatic carbocycles. The van der Waals surface area contributed by atoms with Crippen molar-refractivity contribution in [1.82, 2.24) is 9.97 Å². The number of halogens is 1. The highest BCUT2D eigenvalue weighted by Gasteiger charge is 2.09. The van der Waals surface area contributed by atoms with Gasteiger partial charge in [0.05, 0.1) is 12.0 Å². The fourth-order valence-corrected chi connectivity index (χ4v) is 3.46. The van der Waals surface area contributed by atoms with Crippen molar-refractivity contribution in [3.63, 3.8) is 0 Å². The van der Waals surface area contributed by atoms with E-state index < -0.39 is 0 Å². The number of hydrogen-bond acceptors (Lipinski definition) is 5. The summed E-state index contributed by atoms with van der Waals surface area (Å²) in [6.07, 6.45) is 1.67. The fraction of sp³-hybridized carbons (Fsp3) is 0.0909. The second-order valence-corrected chi connectivity index (χ2v) is 5.50. The van der Waals surface area contributed by atoms with Crippen LogP contribution in [0.2, 0.25) is 5.28 Å². The molecule has 0 aromatic carbocycles. The Morgan fingerprint density at radius 1 is 1.35 bits per heavy atom. The van der Waals surface area contributed by atoms with Crippen LogP contribution in [0.25, 0.3) is 10.2 Å². The van der Waals surface area contributed by atoms with Gasteiger partial charge in [-0.15, -0.1) is 11.3 Å². The van der Waals surface area contributed by atoms with Gasteiger partial charge in [-0.1, -0.05) is 11.8 Å². The van der Waals surface area contributed by atoms with Gasteiger partial charge in [-0.2, -0.15) is 0 Å². The smallest absolute Gasteiger partial charge is 0.224 e. The highest BCUT2D eigenvalue weighted by atomic mass is 35.5. The lowest BCUT2D eigenvalue weighted by molar-refractivity contribution is 0.530. The molecule has 3 rings (SSSR count). The summed E-state index contributed by atoms with van der Waals surface area (Å²) < 4.78 is 5.28. The average molecular weight is 283 g/mol. The first-order valence-corrected chi connectivity index (χ1v) is 7.13. The third-order valence-electron chi connectivity index (χ3n) is 2.19. The van der Waals surface area contributed by atoms with Gasteiger partial charge in [0.25, 0.3) is 0 Å². The summed E-state index contributed by atoms with van der Waals surface area (Å²) in [5.74, 6) is 1.67. The minimum Gasteiger partial charge on any atom is -0.468 e. The number of aromatic nitrogens is 2. The molecule has 0 aliphatic rings. The Balaban J connectivity index is 1.91. The molecule has 17 heavy (non-hydrogen) atoms. The van der Waals surface area contributed by atoms with E-state index in [4.69, 9.17) is 16.0 Å². The summed E-state index contributed by atoms with van der Waals surface area (Å²) in [5, 5.41) is 4.24. The van der Waals surface area contributed by atoms with Gasteiger partial charge in [0.15, 0.2) is 0 Å². The maximum atomic E-state index is 5.89. The molecule has 0 bridgehead atoms. The summed E-state index contributed by atoms with van der Waals surface area (Å²) in [5.41, 5.74) is 0. The minimum atomic E-state index is 0.293. The van der Waals surface area contributed by atoms with Crippen LogP contribution >= 0.6 is 34.7 Å². The van der Waals surface area contributed by atoms with Gasteiger partial charge in [-0.05, 0) is 35.2 Å². The van der Waals surface area contributed by atoms with Gasteiger partial charge in [0, 0.05) is 5.39 Å². The van der Waals surface area contributed by atoms with Crippen LogP contribution < -0.4 is 0 Å². The Labute approximate surface area is 111 Å². The zero-order valence-corrected chi connectivity index (χ0v) is 11.0. The Hall–Kier alpha value is -1.04. The van der Waals surface area contributed by atoms with Crippen molar-refractivity contribution < 1.29 is 4.42 Å². The van der Waals surface area contributed by atoms with Gasteiger partial charge in [-0.3, -0.25) is 0 Å². The van der Waals surface area contributed by atoms with Crippen LogP contribution in [0.15, 0.2) is 39.3 Å². The zero-order chi connectivity index (χ0) is 11.7. The first-order valence-electron chi connectivity index (χ1n) is 4.89. The molecule has 6 heteroatoms. The summed E-state index contributed by atoms with van der Waals surface area (Å²) >= 11 is 9.06. The van der Waals surface area contributed by atoms with Crippen molar-refractivity contribution in [3.05, 3.63) is 40.9 Å². The number of hydrogen-bond donors (Lipinski definition) is 0. The molecule has 0 spiro atoms. The van der Waals surface area contributed by atoms with E-state index in [1.807, 2.05) is 23.6 Å². The monoisotopic (exact) mass is 282 g/mol. The van der Waals surface area contributed by atoms with E-state index in [1.165, 1.54) is 0 Å². The van der Waals surface area contributed by atoms with Crippen LogP contribution in [-0.2, 0) is 5.75 Å². The lowest BCUT2D eigenvalue weighted by Gasteiger charge is -2.01. The topological polar surface area (TPSA) is 38.9 Å². The average Bonchev–Trinajstić information content (AvgIpc) is 2.95. The van der Waals surface area contributed by atoms with Crippen molar-refractivity contribution in [2.75, 3.05) is 0 Å². The van der Waals surface area contributed by atoms with E-state index in [-0.39, 0.29) is 0 Å². The molecule has 0 saturated carbocycles. The molecule has 0 N–H and O–H groups in total. The molecule has 0 atom stereocenters. The Morgan fingerprint density at radius 2 is 2.29 bits per heavy atom. The van der Waals surface area contributed by atoms with Crippen molar-refractivity contribution in [2.24, 2.45) is 0 Å². The van der Waals surface area contributed by atoms with Crippen molar-refractivity contribution in [2.45, 2.75) is 10.8 Å². The van der Waals surface area contributed by atoms with Gasteiger partial charge < -0.3 is 4.42 Å². The number of thiophene rings is 1. The molecule has 3 heterocycles. The molecular formula is C11H7ClN2OS2. The van der Waals surface area contributed by atoms with Crippen molar-refractivity contribution in [1.29, 1.82) is 0 Å². The summed E-state index contributed by atoms with van der Waals surface area (Å²) in [4.78, 5) is 9.36. The zero-order valence-electron chi connectivity index (χ0n) is 8.59. The molecule has 3 nitrogen and oxygen atoms in total. The largest absolute Gasteiger partial charge is 0.468 e. The molecule has 3 aromatic heterocycles. The van der Waals surface area contributed by atoms with E-state index in [0.29, 0.717) is 5.28 Å². The standard InChI is InChI=1S/C11H7ClN2OS2/c12-11-13-9-8(3-5-16-9)10(14-11)17-6-7-2-1-4-15-7/h1-5H,6H2. The van der Waals surface area contributed by atoms with Crippen LogP contribution in [0.3, 0.4) is 0 Å². The van der Waals surface area contributed by atoms with Gasteiger partial charge in [0.1, 0.15) is 15.6 Å². The number of fused-ring (bicyclic) bond motifs is 1. The van der Waals surface area contributed by atoms with E-state index in [1.54, 1.807) is 29.4 Å². The van der Waals surface area contributed by atoms with E-state index in [9.17, 15) is 0 Å². The Morgan fingerprint density at radius 3 is 3.12 bits per heavy atom. The van der Waals surface area contributed by atoms with E-state index >= 15 is 0 Å². The Bertz CT molecular complexity index is 636. The minimum absolute atomic E-state index is 0.293. The van der Waals surface area contributed by atoms with Crippen LogP contribution in [0.5, 0.6) is 0 Å². The molecule has 0 radical (unpaired) electrons. The number of rotatable bonds is 3. The van der Waals surface area contributed by atoms with Gasteiger partial charge in [0.2, 0.25) is 5.28 Å². The molecule has 86 valence electrons.